The third-order valence-corrected chi connectivity index (χ3v) is 5.15. The molecule has 0 spiro atoms. The highest BCUT2D eigenvalue weighted by Crippen LogP contribution is 2.50. The molecule has 3 nitrogen and oxygen atoms in total. The van der Waals surface area contributed by atoms with Crippen LogP contribution in [0.2, 0.25) is 0 Å². The lowest BCUT2D eigenvalue weighted by Gasteiger charge is -2.50. The van der Waals surface area contributed by atoms with Crippen LogP contribution in [0.1, 0.15) is 26.7 Å². The SMILES string of the molecule is CC(N1CC(N2CCNCC2)C1)C1(C)CC1. The third-order valence-electron chi connectivity index (χ3n) is 5.15. The molecule has 3 heteroatoms. The van der Waals surface area contributed by atoms with Crippen LogP contribution in [0.4, 0.5) is 0 Å². The van der Waals surface area contributed by atoms with Gasteiger partial charge in [-0.05, 0) is 25.2 Å². The van der Waals surface area contributed by atoms with E-state index in [1.807, 2.05) is 0 Å². The number of piperazine rings is 1. The van der Waals surface area contributed by atoms with Gasteiger partial charge in [0.2, 0.25) is 0 Å². The Labute approximate surface area is 99.2 Å². The average molecular weight is 223 g/mol. The van der Waals surface area contributed by atoms with Gasteiger partial charge < -0.3 is 5.32 Å². The summed E-state index contributed by atoms with van der Waals surface area (Å²) in [5.74, 6) is 0. The minimum atomic E-state index is 0.661. The maximum absolute atomic E-state index is 3.43. The number of rotatable bonds is 3. The lowest BCUT2D eigenvalue weighted by molar-refractivity contribution is -0.0135. The second-order valence-electron chi connectivity index (χ2n) is 6.22. The predicted octanol–water partition coefficient (Wildman–Crippen LogP) is 0.764. The van der Waals surface area contributed by atoms with Crippen LogP contribution in [0.25, 0.3) is 0 Å². The fourth-order valence-corrected chi connectivity index (χ4v) is 3.14. The first-order valence-electron chi connectivity index (χ1n) is 6.88. The fourth-order valence-electron chi connectivity index (χ4n) is 3.14. The number of nitrogens with one attached hydrogen (secondary N) is 1. The van der Waals surface area contributed by atoms with Crippen LogP contribution < -0.4 is 5.32 Å². The molecule has 92 valence electrons. The van der Waals surface area contributed by atoms with Crippen molar-refractivity contribution in [3.8, 4) is 0 Å². The second-order valence-corrected chi connectivity index (χ2v) is 6.22. The molecule has 1 N–H and O–H groups in total. The molecule has 2 aliphatic heterocycles. The van der Waals surface area contributed by atoms with Crippen molar-refractivity contribution in [3.63, 3.8) is 0 Å². The molecular weight excluding hydrogens is 198 g/mol. The maximum atomic E-state index is 3.43. The molecule has 3 rings (SSSR count). The quantitative estimate of drug-likeness (QED) is 0.762. The molecular formula is C13H25N3. The molecule has 0 aromatic heterocycles. The highest BCUT2D eigenvalue weighted by atomic mass is 15.3. The smallest absolute Gasteiger partial charge is 0.0351 e. The Hall–Kier alpha value is -0.120. The summed E-state index contributed by atoms with van der Waals surface area (Å²) in [6.07, 6.45) is 2.89. The Morgan fingerprint density at radius 2 is 1.81 bits per heavy atom. The van der Waals surface area contributed by atoms with Crippen molar-refractivity contribution < 1.29 is 0 Å². The first kappa shape index (κ1) is 11.0. The van der Waals surface area contributed by atoms with E-state index in [-0.39, 0.29) is 0 Å². The van der Waals surface area contributed by atoms with Gasteiger partial charge in [-0.3, -0.25) is 9.80 Å². The van der Waals surface area contributed by atoms with Gasteiger partial charge >= 0.3 is 0 Å². The number of hydrogen-bond acceptors (Lipinski definition) is 3. The summed E-state index contributed by atoms with van der Waals surface area (Å²) in [6.45, 7) is 12.4. The molecule has 2 saturated heterocycles. The van der Waals surface area contributed by atoms with Gasteiger partial charge in [-0.25, -0.2) is 0 Å². The zero-order valence-corrected chi connectivity index (χ0v) is 10.7. The van der Waals surface area contributed by atoms with Crippen molar-refractivity contribution in [3.05, 3.63) is 0 Å². The number of hydrogen-bond donors (Lipinski definition) is 1. The summed E-state index contributed by atoms with van der Waals surface area (Å²) in [4.78, 5) is 5.37. The Bertz CT molecular complexity index is 250. The van der Waals surface area contributed by atoms with Crippen molar-refractivity contribution in [1.82, 2.24) is 15.1 Å². The number of nitrogens with zero attached hydrogens (tertiary/aromatic N) is 2. The van der Waals surface area contributed by atoms with Gasteiger partial charge in [-0.15, -0.1) is 0 Å². The van der Waals surface area contributed by atoms with Crippen molar-refractivity contribution in [2.75, 3.05) is 39.3 Å². The zero-order chi connectivity index (χ0) is 11.2. The van der Waals surface area contributed by atoms with Gasteiger partial charge in [0.1, 0.15) is 0 Å². The normalized spacial score (nSPS) is 33.4. The maximum Gasteiger partial charge on any atom is 0.0351 e. The fraction of sp³-hybridized carbons (Fsp3) is 1.00. The Morgan fingerprint density at radius 3 is 2.38 bits per heavy atom. The van der Waals surface area contributed by atoms with Crippen LogP contribution in [-0.2, 0) is 0 Å². The molecule has 0 aromatic rings. The largest absolute Gasteiger partial charge is 0.314 e. The average Bonchev–Trinajstić information content (AvgIpc) is 2.97. The Balaban J connectivity index is 1.47. The van der Waals surface area contributed by atoms with Crippen LogP contribution in [-0.4, -0.2) is 61.2 Å². The van der Waals surface area contributed by atoms with Gasteiger partial charge in [-0.1, -0.05) is 6.92 Å². The molecule has 3 fully saturated rings. The number of likely N-dealkylation sites (tertiary alicyclic amines) is 1. The molecule has 0 radical (unpaired) electrons. The highest BCUT2D eigenvalue weighted by Gasteiger charge is 2.48. The topological polar surface area (TPSA) is 18.5 Å². The van der Waals surface area contributed by atoms with Gasteiger partial charge in [0.05, 0.1) is 0 Å². The lowest BCUT2D eigenvalue weighted by atomic mass is 9.94. The predicted molar refractivity (Wildman–Crippen MR) is 66.6 cm³/mol. The van der Waals surface area contributed by atoms with E-state index in [0.717, 1.165) is 12.1 Å². The summed E-state index contributed by atoms with van der Waals surface area (Å²) in [5, 5.41) is 3.43. The summed E-state index contributed by atoms with van der Waals surface area (Å²) in [6, 6.07) is 1.67. The molecule has 0 amide bonds. The molecule has 3 aliphatic rings. The van der Waals surface area contributed by atoms with Crippen molar-refractivity contribution in [2.24, 2.45) is 5.41 Å². The summed E-state index contributed by atoms with van der Waals surface area (Å²) in [5.41, 5.74) is 0.661. The van der Waals surface area contributed by atoms with Gasteiger partial charge in [0.15, 0.2) is 0 Å². The van der Waals surface area contributed by atoms with Crippen molar-refractivity contribution >= 4 is 0 Å². The van der Waals surface area contributed by atoms with E-state index < -0.39 is 0 Å². The summed E-state index contributed by atoms with van der Waals surface area (Å²) < 4.78 is 0. The van der Waals surface area contributed by atoms with E-state index in [1.165, 1.54) is 52.1 Å². The summed E-state index contributed by atoms with van der Waals surface area (Å²) >= 11 is 0. The van der Waals surface area contributed by atoms with Crippen molar-refractivity contribution in [1.29, 1.82) is 0 Å². The molecule has 1 saturated carbocycles. The van der Waals surface area contributed by atoms with Gasteiger partial charge in [-0.2, -0.15) is 0 Å². The van der Waals surface area contributed by atoms with Gasteiger partial charge in [0.25, 0.3) is 0 Å². The molecule has 1 atom stereocenters. The first-order valence-corrected chi connectivity index (χ1v) is 6.88. The minimum Gasteiger partial charge on any atom is -0.314 e. The standard InChI is InChI=1S/C13H25N3/c1-11(13(2)3-4-13)16-9-12(10-16)15-7-5-14-6-8-15/h11-12,14H,3-10H2,1-2H3. The third kappa shape index (κ3) is 1.89. The van der Waals surface area contributed by atoms with Crippen LogP contribution >= 0.6 is 0 Å². The van der Waals surface area contributed by atoms with E-state index in [4.69, 9.17) is 0 Å². The zero-order valence-electron chi connectivity index (χ0n) is 10.7. The van der Waals surface area contributed by atoms with E-state index in [1.54, 1.807) is 0 Å². The van der Waals surface area contributed by atoms with Crippen LogP contribution in [0.5, 0.6) is 0 Å². The second kappa shape index (κ2) is 3.97. The highest BCUT2D eigenvalue weighted by molar-refractivity contribution is 5.02. The Kier molecular flexibility index (Phi) is 2.73. The minimum absolute atomic E-state index is 0.661. The lowest BCUT2D eigenvalue weighted by Crippen LogP contribution is -2.65. The van der Waals surface area contributed by atoms with Gasteiger partial charge in [0, 0.05) is 51.4 Å². The van der Waals surface area contributed by atoms with E-state index in [2.05, 4.69) is 29.0 Å². The summed E-state index contributed by atoms with van der Waals surface area (Å²) in [7, 11) is 0. The Morgan fingerprint density at radius 1 is 1.19 bits per heavy atom. The molecule has 2 heterocycles. The molecule has 1 unspecified atom stereocenters. The van der Waals surface area contributed by atoms with Crippen LogP contribution in [0, 0.1) is 5.41 Å². The van der Waals surface area contributed by atoms with E-state index in [9.17, 15) is 0 Å². The van der Waals surface area contributed by atoms with E-state index in [0.29, 0.717) is 5.41 Å². The molecule has 16 heavy (non-hydrogen) atoms. The monoisotopic (exact) mass is 223 g/mol. The molecule has 1 aliphatic carbocycles. The van der Waals surface area contributed by atoms with Crippen LogP contribution in [0.15, 0.2) is 0 Å². The molecule has 0 aromatic carbocycles. The van der Waals surface area contributed by atoms with Crippen molar-refractivity contribution in [2.45, 2.75) is 38.8 Å². The van der Waals surface area contributed by atoms with Crippen LogP contribution in [0.3, 0.4) is 0 Å². The van der Waals surface area contributed by atoms with E-state index >= 15 is 0 Å². The first-order chi connectivity index (χ1) is 7.69. The molecule has 0 bridgehead atoms.